The van der Waals surface area contributed by atoms with Crippen LogP contribution in [0.25, 0.3) is 12.2 Å². The summed E-state index contributed by atoms with van der Waals surface area (Å²) in [4.78, 5) is 19.2. The van der Waals surface area contributed by atoms with Crippen molar-refractivity contribution in [2.75, 3.05) is 12.9 Å². The molecular weight excluding hydrogens is 415 g/mol. The molecule has 0 unspecified atom stereocenters. The second-order valence-corrected chi connectivity index (χ2v) is 8.22. The second kappa shape index (κ2) is 9.78. The average molecular weight is 439 g/mol. The largest absolute Gasteiger partial charge is 0.497 e. The molecule has 8 heteroatoms. The van der Waals surface area contributed by atoms with Crippen LogP contribution in [-0.4, -0.2) is 44.9 Å². The number of ether oxygens (including phenoxy) is 1. The molecule has 1 N–H and O–H groups in total. The minimum atomic E-state index is -0.271. The normalized spacial score (nSPS) is 13.5. The van der Waals surface area contributed by atoms with Crippen LogP contribution in [0.15, 0.2) is 53.7 Å². The standard InChI is InChI=1S/C23H23FN4O2S/c1-30-20-11-4-17(5-12-20)14-28(19-9-10-19)22(29)15-31-23-25-21(26-27-23)13-6-16-2-7-18(24)8-3-16/h2-8,11-13,19H,9-10,14-15H2,1H3,(H,25,26,27). The number of nitrogens with one attached hydrogen (secondary N) is 1. The van der Waals surface area contributed by atoms with Crippen LogP contribution < -0.4 is 4.74 Å². The molecule has 1 aromatic heterocycles. The Hall–Kier alpha value is -3.13. The quantitative estimate of drug-likeness (QED) is 0.501. The summed E-state index contributed by atoms with van der Waals surface area (Å²) in [6.07, 6.45) is 5.69. The number of carbonyl (C=O) groups is 1. The van der Waals surface area contributed by atoms with Crippen molar-refractivity contribution in [1.82, 2.24) is 20.1 Å². The summed E-state index contributed by atoms with van der Waals surface area (Å²) in [7, 11) is 1.64. The van der Waals surface area contributed by atoms with E-state index < -0.39 is 0 Å². The number of carbonyl (C=O) groups excluding carboxylic acids is 1. The van der Waals surface area contributed by atoms with Crippen molar-refractivity contribution < 1.29 is 13.9 Å². The van der Waals surface area contributed by atoms with Crippen LogP contribution >= 0.6 is 11.8 Å². The van der Waals surface area contributed by atoms with Crippen LogP contribution in [0.2, 0.25) is 0 Å². The Labute approximate surface area is 184 Å². The smallest absolute Gasteiger partial charge is 0.233 e. The number of hydrogen-bond donors (Lipinski definition) is 1. The van der Waals surface area contributed by atoms with Gasteiger partial charge in [-0.2, -0.15) is 0 Å². The molecule has 0 saturated heterocycles. The van der Waals surface area contributed by atoms with E-state index in [2.05, 4.69) is 15.2 Å². The van der Waals surface area contributed by atoms with Gasteiger partial charge in [-0.3, -0.25) is 9.89 Å². The van der Waals surface area contributed by atoms with Crippen LogP contribution in [0.4, 0.5) is 4.39 Å². The molecule has 0 spiro atoms. The zero-order valence-electron chi connectivity index (χ0n) is 17.1. The molecule has 0 radical (unpaired) electrons. The van der Waals surface area contributed by atoms with Crippen molar-refractivity contribution in [2.24, 2.45) is 0 Å². The Morgan fingerprint density at radius 2 is 1.94 bits per heavy atom. The summed E-state index contributed by atoms with van der Waals surface area (Å²) in [5.41, 5.74) is 1.94. The van der Waals surface area contributed by atoms with Crippen LogP contribution in [0.1, 0.15) is 29.8 Å². The highest BCUT2D eigenvalue weighted by Gasteiger charge is 2.32. The van der Waals surface area contributed by atoms with E-state index in [4.69, 9.17) is 4.74 Å². The number of halogens is 1. The van der Waals surface area contributed by atoms with Gasteiger partial charge in [0, 0.05) is 12.6 Å². The number of H-pyrrole nitrogens is 1. The van der Waals surface area contributed by atoms with Crippen molar-refractivity contribution in [1.29, 1.82) is 0 Å². The van der Waals surface area contributed by atoms with Gasteiger partial charge in [-0.1, -0.05) is 42.1 Å². The Bertz CT molecular complexity index is 1050. The molecule has 1 aliphatic rings. The van der Waals surface area contributed by atoms with Gasteiger partial charge in [-0.05, 0) is 54.3 Å². The summed E-state index contributed by atoms with van der Waals surface area (Å²) in [5.74, 6) is 1.48. The molecule has 4 rings (SSSR count). The first-order chi connectivity index (χ1) is 15.1. The molecular formula is C23H23FN4O2S. The van der Waals surface area contributed by atoms with Gasteiger partial charge in [0.2, 0.25) is 11.1 Å². The fourth-order valence-corrected chi connectivity index (χ4v) is 3.78. The maximum Gasteiger partial charge on any atom is 0.233 e. The topological polar surface area (TPSA) is 71.1 Å². The number of benzene rings is 2. The molecule has 0 bridgehead atoms. The van der Waals surface area contributed by atoms with Gasteiger partial charge in [-0.25, -0.2) is 9.37 Å². The van der Waals surface area contributed by atoms with Crippen molar-refractivity contribution in [2.45, 2.75) is 30.6 Å². The lowest BCUT2D eigenvalue weighted by molar-refractivity contribution is -0.129. The number of thioether (sulfide) groups is 1. The number of amides is 1. The molecule has 0 atom stereocenters. The van der Waals surface area contributed by atoms with E-state index in [1.807, 2.05) is 35.2 Å². The van der Waals surface area contributed by atoms with Gasteiger partial charge >= 0.3 is 0 Å². The fraction of sp³-hybridized carbons (Fsp3) is 0.261. The first-order valence-electron chi connectivity index (χ1n) is 10.0. The Kier molecular flexibility index (Phi) is 6.66. The molecule has 1 fully saturated rings. The number of hydrogen-bond acceptors (Lipinski definition) is 5. The van der Waals surface area contributed by atoms with Gasteiger partial charge in [-0.15, -0.1) is 5.10 Å². The number of rotatable bonds is 9. The summed E-state index contributed by atoms with van der Waals surface area (Å²) in [6.45, 7) is 0.591. The van der Waals surface area contributed by atoms with Crippen molar-refractivity contribution >= 4 is 29.8 Å². The van der Waals surface area contributed by atoms with Crippen LogP contribution in [0.5, 0.6) is 5.75 Å². The third kappa shape index (κ3) is 5.95. The first kappa shape index (κ1) is 21.1. The Morgan fingerprint density at radius 1 is 1.19 bits per heavy atom. The van der Waals surface area contributed by atoms with E-state index in [0.717, 1.165) is 29.7 Å². The lowest BCUT2D eigenvalue weighted by atomic mass is 10.2. The third-order valence-electron chi connectivity index (χ3n) is 4.93. The molecule has 6 nitrogen and oxygen atoms in total. The lowest BCUT2D eigenvalue weighted by Gasteiger charge is -2.22. The van der Waals surface area contributed by atoms with Crippen molar-refractivity contribution in [3.8, 4) is 5.75 Å². The molecule has 1 saturated carbocycles. The lowest BCUT2D eigenvalue weighted by Crippen LogP contribution is -2.34. The minimum absolute atomic E-state index is 0.0801. The van der Waals surface area contributed by atoms with Crippen molar-refractivity contribution in [3.63, 3.8) is 0 Å². The number of nitrogens with zero attached hydrogens (tertiary/aromatic N) is 3. The van der Waals surface area contributed by atoms with E-state index in [1.54, 1.807) is 25.3 Å². The average Bonchev–Trinajstić information content (AvgIpc) is 3.54. The first-order valence-corrected chi connectivity index (χ1v) is 11.0. The highest BCUT2D eigenvalue weighted by atomic mass is 32.2. The van der Waals surface area contributed by atoms with Crippen molar-refractivity contribution in [3.05, 3.63) is 71.3 Å². The third-order valence-corrected chi connectivity index (χ3v) is 5.76. The van der Waals surface area contributed by atoms with E-state index in [0.29, 0.717) is 23.6 Å². The predicted molar refractivity (Wildman–Crippen MR) is 119 cm³/mol. The SMILES string of the molecule is COc1ccc(CN(C(=O)CSc2n[nH]c(C=Cc3ccc(F)cc3)n2)C2CC2)cc1. The van der Waals surface area contributed by atoms with E-state index in [-0.39, 0.29) is 17.5 Å². The van der Waals surface area contributed by atoms with Gasteiger partial charge in [0.15, 0.2) is 0 Å². The molecule has 3 aromatic rings. The van der Waals surface area contributed by atoms with Gasteiger partial charge in [0.05, 0.1) is 12.9 Å². The molecule has 1 heterocycles. The number of aromatic amines is 1. The second-order valence-electron chi connectivity index (χ2n) is 7.28. The highest BCUT2D eigenvalue weighted by molar-refractivity contribution is 7.99. The molecule has 1 aliphatic carbocycles. The zero-order valence-corrected chi connectivity index (χ0v) is 17.9. The van der Waals surface area contributed by atoms with Gasteiger partial charge in [0.1, 0.15) is 17.4 Å². The molecule has 1 amide bonds. The van der Waals surface area contributed by atoms with E-state index in [1.165, 1.54) is 23.9 Å². The van der Waals surface area contributed by atoms with Gasteiger partial charge in [0.25, 0.3) is 0 Å². The highest BCUT2D eigenvalue weighted by Crippen LogP contribution is 2.30. The molecule has 160 valence electrons. The van der Waals surface area contributed by atoms with Gasteiger partial charge < -0.3 is 9.64 Å². The monoisotopic (exact) mass is 438 g/mol. The summed E-state index contributed by atoms with van der Waals surface area (Å²) >= 11 is 1.31. The maximum absolute atomic E-state index is 13.0. The predicted octanol–water partition coefficient (Wildman–Crippen LogP) is 4.41. The van der Waals surface area contributed by atoms with Crippen LogP contribution in [0, 0.1) is 5.82 Å². The van der Waals surface area contributed by atoms with E-state index in [9.17, 15) is 9.18 Å². The molecule has 0 aliphatic heterocycles. The number of methoxy groups -OCH3 is 1. The van der Waals surface area contributed by atoms with E-state index >= 15 is 0 Å². The number of aromatic nitrogens is 3. The summed E-state index contributed by atoms with van der Waals surface area (Å²) in [5, 5.41) is 7.54. The summed E-state index contributed by atoms with van der Waals surface area (Å²) in [6, 6.07) is 14.3. The minimum Gasteiger partial charge on any atom is -0.497 e. The van der Waals surface area contributed by atoms with Crippen LogP contribution in [-0.2, 0) is 11.3 Å². The molecule has 31 heavy (non-hydrogen) atoms. The Balaban J connectivity index is 1.32. The summed E-state index contributed by atoms with van der Waals surface area (Å²) < 4.78 is 18.2. The Morgan fingerprint density at radius 3 is 2.61 bits per heavy atom. The zero-order chi connectivity index (χ0) is 21.6. The molecule has 2 aromatic carbocycles. The van der Waals surface area contributed by atoms with Crippen LogP contribution in [0.3, 0.4) is 0 Å². The maximum atomic E-state index is 13.0. The fourth-order valence-electron chi connectivity index (χ4n) is 3.09.